The number of nitrogens with one attached hydrogen (secondary N) is 1. The van der Waals surface area contributed by atoms with Gasteiger partial charge in [-0.25, -0.2) is 0 Å². The fourth-order valence-corrected chi connectivity index (χ4v) is 3.07. The standard InChI is InChI=1S/C14H17ClN2O2S/c1-8-6-14(7-8,12(16)20)13(18)17-9-3-4-10(15)11(5-9)19-2/h3-5,8H,6-7H2,1-2H3,(H2,16,20)(H,17,18). The third kappa shape index (κ3) is 2.60. The van der Waals surface area contributed by atoms with E-state index in [1.54, 1.807) is 18.2 Å². The molecule has 0 atom stereocenters. The first-order chi connectivity index (χ1) is 9.39. The van der Waals surface area contributed by atoms with Crippen LogP contribution in [0, 0.1) is 11.3 Å². The summed E-state index contributed by atoms with van der Waals surface area (Å²) in [4.78, 5) is 12.7. The number of hydrogen-bond donors (Lipinski definition) is 2. The molecule has 0 spiro atoms. The van der Waals surface area contributed by atoms with Crippen LogP contribution in [-0.2, 0) is 4.79 Å². The Morgan fingerprint density at radius 3 is 2.70 bits per heavy atom. The van der Waals surface area contributed by atoms with Gasteiger partial charge in [-0.15, -0.1) is 0 Å². The Morgan fingerprint density at radius 1 is 1.55 bits per heavy atom. The maximum Gasteiger partial charge on any atom is 0.237 e. The van der Waals surface area contributed by atoms with Gasteiger partial charge in [0, 0.05) is 11.8 Å². The average Bonchev–Trinajstić information content (AvgIpc) is 2.36. The summed E-state index contributed by atoms with van der Waals surface area (Å²) < 4.78 is 5.12. The number of carbonyl (C=O) groups is 1. The van der Waals surface area contributed by atoms with Crippen LogP contribution in [-0.4, -0.2) is 18.0 Å². The van der Waals surface area contributed by atoms with Crippen LogP contribution in [0.25, 0.3) is 0 Å². The van der Waals surface area contributed by atoms with Crippen LogP contribution in [0.3, 0.4) is 0 Å². The number of halogens is 1. The smallest absolute Gasteiger partial charge is 0.237 e. The summed E-state index contributed by atoms with van der Waals surface area (Å²) in [6.45, 7) is 2.08. The highest BCUT2D eigenvalue weighted by molar-refractivity contribution is 7.80. The molecule has 0 bridgehead atoms. The van der Waals surface area contributed by atoms with E-state index in [0.29, 0.717) is 35.2 Å². The molecular weight excluding hydrogens is 296 g/mol. The van der Waals surface area contributed by atoms with Crippen molar-refractivity contribution in [3.05, 3.63) is 23.2 Å². The number of thiocarbonyl (C=S) groups is 1. The lowest BCUT2D eigenvalue weighted by Crippen LogP contribution is -2.53. The zero-order chi connectivity index (χ0) is 14.9. The molecule has 20 heavy (non-hydrogen) atoms. The highest BCUT2D eigenvalue weighted by atomic mass is 35.5. The Kier molecular flexibility index (Phi) is 4.20. The third-order valence-electron chi connectivity index (χ3n) is 3.71. The van der Waals surface area contributed by atoms with Crippen LogP contribution in [0.5, 0.6) is 5.75 Å². The minimum absolute atomic E-state index is 0.160. The number of ether oxygens (including phenoxy) is 1. The molecule has 1 aliphatic rings. The number of anilines is 1. The Morgan fingerprint density at radius 2 is 2.20 bits per heavy atom. The fourth-order valence-electron chi connectivity index (χ4n) is 2.62. The topological polar surface area (TPSA) is 64.3 Å². The van der Waals surface area contributed by atoms with Crippen LogP contribution >= 0.6 is 23.8 Å². The number of carbonyl (C=O) groups excluding carboxylic acids is 1. The SMILES string of the molecule is COc1cc(NC(=O)C2(C(N)=S)CC(C)C2)ccc1Cl. The van der Waals surface area contributed by atoms with Crippen molar-refractivity contribution in [1.29, 1.82) is 0 Å². The Hall–Kier alpha value is -1.33. The Bertz CT molecular complexity index is 556. The van der Waals surface area contributed by atoms with Gasteiger partial charge in [0.2, 0.25) is 5.91 Å². The van der Waals surface area contributed by atoms with Crippen molar-refractivity contribution >= 4 is 40.4 Å². The molecule has 0 aromatic heterocycles. The molecular formula is C14H17ClN2O2S. The fraction of sp³-hybridized carbons (Fsp3) is 0.429. The van der Waals surface area contributed by atoms with E-state index in [1.807, 2.05) is 0 Å². The van der Waals surface area contributed by atoms with E-state index >= 15 is 0 Å². The molecule has 6 heteroatoms. The molecule has 4 nitrogen and oxygen atoms in total. The Labute approximate surface area is 128 Å². The van der Waals surface area contributed by atoms with Crippen LogP contribution in [0.4, 0.5) is 5.69 Å². The normalized spacial score (nSPS) is 24.6. The molecule has 0 radical (unpaired) electrons. The number of hydrogen-bond acceptors (Lipinski definition) is 3. The van der Waals surface area contributed by atoms with Gasteiger partial charge >= 0.3 is 0 Å². The molecule has 1 aliphatic carbocycles. The first-order valence-electron chi connectivity index (χ1n) is 6.34. The second-order valence-corrected chi connectivity index (χ2v) is 6.11. The average molecular weight is 313 g/mol. The van der Waals surface area contributed by atoms with Gasteiger partial charge in [-0.05, 0) is 30.9 Å². The maximum absolute atomic E-state index is 12.4. The zero-order valence-electron chi connectivity index (χ0n) is 11.4. The molecule has 1 fully saturated rings. The van der Waals surface area contributed by atoms with Gasteiger partial charge in [-0.2, -0.15) is 0 Å². The molecule has 0 saturated heterocycles. The van der Waals surface area contributed by atoms with E-state index < -0.39 is 5.41 Å². The monoisotopic (exact) mass is 312 g/mol. The van der Waals surface area contributed by atoms with Gasteiger partial charge in [0.1, 0.15) is 5.75 Å². The van der Waals surface area contributed by atoms with Crippen molar-refractivity contribution in [1.82, 2.24) is 0 Å². The van der Waals surface area contributed by atoms with Gasteiger partial charge in [0.15, 0.2) is 0 Å². The summed E-state index contributed by atoms with van der Waals surface area (Å²) in [6.07, 6.45) is 1.39. The summed E-state index contributed by atoms with van der Waals surface area (Å²) >= 11 is 11.0. The van der Waals surface area contributed by atoms with Gasteiger partial charge in [0.25, 0.3) is 0 Å². The van der Waals surface area contributed by atoms with Crippen LogP contribution in [0.1, 0.15) is 19.8 Å². The van der Waals surface area contributed by atoms with Crippen molar-refractivity contribution in [2.75, 3.05) is 12.4 Å². The minimum Gasteiger partial charge on any atom is -0.495 e. The van der Waals surface area contributed by atoms with Crippen LogP contribution in [0.2, 0.25) is 5.02 Å². The predicted octanol–water partition coefficient (Wildman–Crippen LogP) is 2.99. The van der Waals surface area contributed by atoms with E-state index in [9.17, 15) is 4.79 Å². The summed E-state index contributed by atoms with van der Waals surface area (Å²) in [7, 11) is 1.52. The van der Waals surface area contributed by atoms with Crippen molar-refractivity contribution in [2.24, 2.45) is 17.1 Å². The lowest BCUT2D eigenvalue weighted by Gasteiger charge is -2.44. The van der Waals surface area contributed by atoms with E-state index in [2.05, 4.69) is 12.2 Å². The number of benzene rings is 1. The first-order valence-corrected chi connectivity index (χ1v) is 7.12. The number of amides is 1. The largest absolute Gasteiger partial charge is 0.495 e. The Balaban J connectivity index is 2.17. The highest BCUT2D eigenvalue weighted by Crippen LogP contribution is 2.46. The van der Waals surface area contributed by atoms with Gasteiger partial charge in [0.05, 0.1) is 22.5 Å². The van der Waals surface area contributed by atoms with Crippen LogP contribution < -0.4 is 15.8 Å². The number of rotatable bonds is 4. The molecule has 108 valence electrons. The van der Waals surface area contributed by atoms with Crippen molar-refractivity contribution in [3.63, 3.8) is 0 Å². The molecule has 0 aliphatic heterocycles. The third-order valence-corrected chi connectivity index (χ3v) is 4.41. The van der Waals surface area contributed by atoms with Gasteiger partial charge < -0.3 is 15.8 Å². The van der Waals surface area contributed by atoms with Crippen molar-refractivity contribution in [3.8, 4) is 5.75 Å². The highest BCUT2D eigenvalue weighted by Gasteiger charge is 2.50. The molecule has 0 heterocycles. The van der Waals surface area contributed by atoms with E-state index in [1.165, 1.54) is 7.11 Å². The molecule has 0 unspecified atom stereocenters. The zero-order valence-corrected chi connectivity index (χ0v) is 13.0. The predicted molar refractivity (Wildman–Crippen MR) is 84.3 cm³/mol. The second-order valence-electron chi connectivity index (χ2n) is 5.26. The summed E-state index contributed by atoms with van der Waals surface area (Å²) in [5.41, 5.74) is 5.65. The van der Waals surface area contributed by atoms with Gasteiger partial charge in [-0.3, -0.25) is 4.79 Å². The summed E-state index contributed by atoms with van der Waals surface area (Å²) in [6, 6.07) is 5.07. The molecule has 2 rings (SSSR count). The summed E-state index contributed by atoms with van der Waals surface area (Å²) in [5.74, 6) is 0.810. The van der Waals surface area contributed by atoms with Crippen molar-refractivity contribution in [2.45, 2.75) is 19.8 Å². The molecule has 1 amide bonds. The minimum atomic E-state index is -0.721. The van der Waals surface area contributed by atoms with Gasteiger partial charge in [-0.1, -0.05) is 30.7 Å². The molecule has 1 aromatic rings. The maximum atomic E-state index is 12.4. The second kappa shape index (κ2) is 5.58. The number of methoxy groups -OCH3 is 1. The lowest BCUT2D eigenvalue weighted by atomic mass is 9.62. The van der Waals surface area contributed by atoms with Crippen LogP contribution in [0.15, 0.2) is 18.2 Å². The van der Waals surface area contributed by atoms with Crippen molar-refractivity contribution < 1.29 is 9.53 Å². The molecule has 3 N–H and O–H groups in total. The summed E-state index contributed by atoms with van der Waals surface area (Å²) in [5, 5.41) is 3.34. The molecule has 1 saturated carbocycles. The molecule has 1 aromatic carbocycles. The van der Waals surface area contributed by atoms with E-state index in [4.69, 9.17) is 34.3 Å². The quantitative estimate of drug-likeness (QED) is 0.839. The first kappa shape index (κ1) is 15.1. The number of nitrogens with two attached hydrogens (primary N) is 1. The lowest BCUT2D eigenvalue weighted by molar-refractivity contribution is -0.127. The van der Waals surface area contributed by atoms with E-state index in [0.717, 1.165) is 0 Å². The van der Waals surface area contributed by atoms with E-state index in [-0.39, 0.29) is 10.9 Å².